The third-order valence-electron chi connectivity index (χ3n) is 25.8. The molecule has 7 aliphatic carbocycles. The van der Waals surface area contributed by atoms with E-state index in [-0.39, 0.29) is 24.4 Å². The van der Waals surface area contributed by atoms with Crippen LogP contribution in [0.15, 0.2) is 349 Å². The number of hydrogen-bond donors (Lipinski definition) is 0. The monoisotopic (exact) mass is 1390 g/mol. The molecule has 25 rings (SSSR count). The molecule has 0 radical (unpaired) electrons. The van der Waals surface area contributed by atoms with Crippen molar-refractivity contribution < 1.29 is 18.4 Å². The van der Waals surface area contributed by atoms with Crippen molar-refractivity contribution in [2.75, 3.05) is 0 Å². The van der Waals surface area contributed by atoms with Crippen molar-refractivity contribution in [3.05, 3.63) is 440 Å². The molecule has 0 amide bonds. The Morgan fingerprint density at radius 3 is 0.817 bits per heavy atom. The first-order chi connectivity index (χ1) is 53.2. The quantitative estimate of drug-likeness (QED) is 0.165. The maximum absolute atomic E-state index is 14.8. The van der Waals surface area contributed by atoms with Crippen molar-refractivity contribution in [3.8, 4) is 77.9 Å². The number of carbonyl (C=O) groups excluding carboxylic acids is 2. The molecule has 510 valence electrons. The molecule has 4 heteroatoms. The van der Waals surface area contributed by atoms with Gasteiger partial charge in [-0.25, -0.2) is 0 Å². The highest BCUT2D eigenvalue weighted by Gasteiger charge is 2.56. The number of benzene rings is 16. The molecule has 16 aromatic carbocycles. The summed E-state index contributed by atoms with van der Waals surface area (Å²) in [6, 6.07) is 121. The molecule has 0 unspecified atom stereocenters. The van der Waals surface area contributed by atoms with Gasteiger partial charge in [0.15, 0.2) is 11.6 Å². The van der Waals surface area contributed by atoms with Gasteiger partial charge in [-0.1, -0.05) is 312 Å². The minimum atomic E-state index is -0.505. The van der Waals surface area contributed by atoms with Crippen molar-refractivity contribution >= 4 is 55.4 Å². The number of fused-ring (bicyclic) bond motifs is 41. The Bertz CT molecular complexity index is 7010. The van der Waals surface area contributed by atoms with Crippen LogP contribution in [0.25, 0.3) is 122 Å². The smallest absolute Gasteiger partial charge is 0.193 e. The summed E-state index contributed by atoms with van der Waals surface area (Å²) in [7, 11) is 0. The van der Waals surface area contributed by atoms with Gasteiger partial charge in [0.25, 0.3) is 0 Å². The molecular weight excluding hydrogens is 1330 g/mol. The van der Waals surface area contributed by atoms with Crippen LogP contribution in [0.3, 0.4) is 0 Å². The molecule has 0 N–H and O–H groups in total. The summed E-state index contributed by atoms with van der Waals surface area (Å²) in [5.74, 6) is 0.0229. The second-order valence-electron chi connectivity index (χ2n) is 30.9. The van der Waals surface area contributed by atoms with E-state index in [1.54, 1.807) is 0 Å². The fraction of sp³-hybridized carbons (Fsp3) is 0.0667. The lowest BCUT2D eigenvalue weighted by Crippen LogP contribution is -2.26. The number of hydrogen-bond acceptors (Lipinski definition) is 4. The summed E-state index contributed by atoms with van der Waals surface area (Å²) in [4.78, 5) is 29.0. The zero-order valence-corrected chi connectivity index (χ0v) is 59.0. The molecule has 2 aromatic heterocycles. The second-order valence-corrected chi connectivity index (χ2v) is 30.9. The minimum Gasteiger partial charge on any atom is -0.455 e. The number of carbonyl (C=O) groups is 2. The number of furan rings is 2. The Balaban J connectivity index is 0.000000132. The number of rotatable bonds is 4. The van der Waals surface area contributed by atoms with Crippen molar-refractivity contribution in [2.24, 2.45) is 0 Å². The van der Waals surface area contributed by atoms with Crippen LogP contribution in [-0.2, 0) is 21.7 Å². The molecule has 3 spiro atoms. The van der Waals surface area contributed by atoms with E-state index in [9.17, 15) is 9.59 Å². The number of ketones is 2. The molecule has 18 aromatic rings. The maximum atomic E-state index is 14.8. The summed E-state index contributed by atoms with van der Waals surface area (Å²) >= 11 is 0. The summed E-state index contributed by atoms with van der Waals surface area (Å²) in [6.45, 7) is 4.50. The largest absolute Gasteiger partial charge is 0.455 e. The Labute approximate surface area is 630 Å². The minimum absolute atomic E-state index is 0. The van der Waals surface area contributed by atoms with Crippen molar-refractivity contribution in [3.63, 3.8) is 0 Å². The zero-order chi connectivity index (χ0) is 71.3. The van der Waals surface area contributed by atoms with E-state index in [2.05, 4.69) is 305 Å². The van der Waals surface area contributed by atoms with Crippen LogP contribution in [0.1, 0.15) is 131 Å². The van der Waals surface area contributed by atoms with E-state index in [4.69, 9.17) is 8.83 Å². The molecule has 7 aliphatic rings. The Morgan fingerprint density at radius 1 is 0.220 bits per heavy atom. The molecule has 109 heavy (non-hydrogen) atoms. The second kappa shape index (κ2) is 21.8. The molecule has 0 fully saturated rings. The van der Waals surface area contributed by atoms with Gasteiger partial charge in [-0.05, 0) is 193 Å². The highest BCUT2D eigenvalue weighted by molar-refractivity contribution is 6.19. The highest BCUT2D eigenvalue weighted by atomic mass is 16.3. The van der Waals surface area contributed by atoms with Gasteiger partial charge >= 0.3 is 0 Å². The lowest BCUT2D eigenvalue weighted by molar-refractivity contribution is 0.103. The standard InChI is InChI=1S/C57H32O2.C47H30O2.CH4/c58-54(34-25-27-40-39-17-5-11-23-48(39)57(51(40)32-34)46-21-9-3-15-37(46)38-16-4-10-22-47(38)57)33-26-30-52-43(31-33)41-28-29-50-53(55(41)59-52)42-18-6-12-24-49(42)56(50)44-19-7-1-13-35(44)36-14-2-8-20-45(36)56;1-46(2)36-15-7-3-11-29(36)32-21-19-28(26-41(32)46)44(48)27-20-24-42-35(25-27)33-22-23-40-43(45(33)49-42)34-14-6-10-18-39(34)47(40)37-16-8-4-12-30(37)31-13-5-9-17-38(31)47;/h1-32H;3-26H,1-2H3;1H4. The third-order valence-corrected chi connectivity index (χ3v) is 25.8. The summed E-state index contributed by atoms with van der Waals surface area (Å²) in [5, 5.41) is 3.95. The molecule has 2 heterocycles. The molecular formula is C105H66O4. The SMILES string of the molecule is C.CC1(C)c2ccccc2-c2ccc(C(=O)c3ccc4oc5c6c(ccc5c4c3)C3(c4ccccc4-c4ccccc43)c3ccccc3-6)cc21.O=C(c1ccc2c(c1)C1(c3ccccc3-c3ccccc31)c1ccccc1-2)c1ccc2oc3c4c(ccc3c2c1)C1(c2ccccc2-c2ccccc21)c1ccccc1-4. The predicted octanol–water partition coefficient (Wildman–Crippen LogP) is 25.6. The van der Waals surface area contributed by atoms with Crippen molar-refractivity contribution in [1.82, 2.24) is 0 Å². The van der Waals surface area contributed by atoms with Gasteiger partial charge in [0.05, 0.1) is 16.2 Å². The van der Waals surface area contributed by atoms with Gasteiger partial charge in [0, 0.05) is 60.3 Å². The zero-order valence-electron chi connectivity index (χ0n) is 59.0. The van der Waals surface area contributed by atoms with Gasteiger partial charge in [-0.15, -0.1) is 0 Å². The summed E-state index contributed by atoms with van der Waals surface area (Å²) in [5.41, 5.74) is 39.4. The Hall–Kier alpha value is -13.5. The lowest BCUT2D eigenvalue weighted by atomic mass is 9.70. The molecule has 0 bridgehead atoms. The average Bonchev–Trinajstić information content (AvgIpc) is 1.51. The van der Waals surface area contributed by atoms with E-state index in [0.717, 1.165) is 60.6 Å². The van der Waals surface area contributed by atoms with Gasteiger partial charge in [0.1, 0.15) is 22.3 Å². The van der Waals surface area contributed by atoms with Crippen LogP contribution < -0.4 is 0 Å². The van der Waals surface area contributed by atoms with E-state index in [1.807, 2.05) is 48.5 Å². The van der Waals surface area contributed by atoms with E-state index < -0.39 is 16.2 Å². The Kier molecular flexibility index (Phi) is 12.4. The molecule has 0 saturated carbocycles. The van der Waals surface area contributed by atoms with E-state index in [1.165, 1.54) is 139 Å². The predicted molar refractivity (Wildman–Crippen MR) is 440 cm³/mol. The van der Waals surface area contributed by atoms with Gasteiger partial charge in [-0.3, -0.25) is 9.59 Å². The van der Waals surface area contributed by atoms with Crippen LogP contribution in [-0.4, -0.2) is 11.6 Å². The maximum Gasteiger partial charge on any atom is 0.193 e. The lowest BCUT2D eigenvalue weighted by Gasteiger charge is -2.30. The summed E-state index contributed by atoms with van der Waals surface area (Å²) < 4.78 is 13.7. The first-order valence-corrected chi connectivity index (χ1v) is 37.5. The first-order valence-electron chi connectivity index (χ1n) is 37.5. The van der Waals surface area contributed by atoms with Crippen molar-refractivity contribution in [1.29, 1.82) is 0 Å². The normalized spacial score (nSPS) is 14.8. The van der Waals surface area contributed by atoms with Crippen LogP contribution in [0, 0.1) is 0 Å². The molecule has 0 saturated heterocycles. The van der Waals surface area contributed by atoms with E-state index >= 15 is 0 Å². The highest BCUT2D eigenvalue weighted by Crippen LogP contribution is 2.68. The van der Waals surface area contributed by atoms with Crippen molar-refractivity contribution in [2.45, 2.75) is 42.9 Å². The van der Waals surface area contributed by atoms with Crippen LogP contribution in [0.5, 0.6) is 0 Å². The Morgan fingerprint density at radius 2 is 0.468 bits per heavy atom. The topological polar surface area (TPSA) is 60.4 Å². The molecule has 4 nitrogen and oxygen atoms in total. The van der Waals surface area contributed by atoms with Gasteiger partial charge in [-0.2, -0.15) is 0 Å². The van der Waals surface area contributed by atoms with Crippen LogP contribution >= 0.6 is 0 Å². The average molecular weight is 1390 g/mol. The summed E-state index contributed by atoms with van der Waals surface area (Å²) in [6.07, 6.45) is 0. The molecule has 0 aliphatic heterocycles. The fourth-order valence-electron chi connectivity index (χ4n) is 21.5. The van der Waals surface area contributed by atoms with E-state index in [0.29, 0.717) is 22.3 Å². The fourth-order valence-corrected chi connectivity index (χ4v) is 21.5. The van der Waals surface area contributed by atoms with Gasteiger partial charge in [0.2, 0.25) is 0 Å². The first kappa shape index (κ1) is 61.7. The molecule has 0 atom stereocenters. The third kappa shape index (κ3) is 7.58. The van der Waals surface area contributed by atoms with Crippen LogP contribution in [0.4, 0.5) is 0 Å². The van der Waals surface area contributed by atoms with Crippen LogP contribution in [0.2, 0.25) is 0 Å². The van der Waals surface area contributed by atoms with Gasteiger partial charge < -0.3 is 8.83 Å².